The predicted octanol–water partition coefficient (Wildman–Crippen LogP) is 0.839. The largest absolute Gasteiger partial charge is 0.378 e. The zero-order chi connectivity index (χ0) is 18.8. The standard InChI is InChI=1S/C17H18N6O4/c1-11-14-6-12(7-18-17(14)27-21-11)16(25)20-13-8-19-23(9-13)10-15(24)22-2-4-26-5-3-22/h6-9H,2-5,10H2,1H3,(H,20,25). The van der Waals surface area contributed by atoms with Gasteiger partial charge in [0.05, 0.1) is 41.7 Å². The molecule has 1 saturated heterocycles. The summed E-state index contributed by atoms with van der Waals surface area (Å²) in [6.07, 6.45) is 4.54. The number of nitrogens with zero attached hydrogens (tertiary/aromatic N) is 5. The van der Waals surface area contributed by atoms with E-state index < -0.39 is 0 Å². The van der Waals surface area contributed by atoms with Gasteiger partial charge in [0.2, 0.25) is 5.91 Å². The third-order valence-electron chi connectivity index (χ3n) is 4.32. The maximum absolute atomic E-state index is 12.4. The van der Waals surface area contributed by atoms with Gasteiger partial charge in [0.25, 0.3) is 11.6 Å². The Balaban J connectivity index is 1.41. The van der Waals surface area contributed by atoms with E-state index in [1.54, 1.807) is 24.1 Å². The van der Waals surface area contributed by atoms with Gasteiger partial charge in [-0.05, 0) is 13.0 Å². The first-order valence-corrected chi connectivity index (χ1v) is 8.51. The van der Waals surface area contributed by atoms with Crippen LogP contribution in [0, 0.1) is 6.92 Å². The minimum absolute atomic E-state index is 0.0307. The number of carbonyl (C=O) groups is 2. The highest BCUT2D eigenvalue weighted by atomic mass is 16.5. The number of pyridine rings is 1. The summed E-state index contributed by atoms with van der Waals surface area (Å²) in [5, 5.41) is 11.4. The van der Waals surface area contributed by atoms with Gasteiger partial charge in [-0.2, -0.15) is 5.10 Å². The third-order valence-corrected chi connectivity index (χ3v) is 4.32. The lowest BCUT2D eigenvalue weighted by Gasteiger charge is -2.26. The minimum atomic E-state index is -0.330. The van der Waals surface area contributed by atoms with Gasteiger partial charge in [0, 0.05) is 25.5 Å². The Morgan fingerprint density at radius 3 is 2.89 bits per heavy atom. The molecule has 27 heavy (non-hydrogen) atoms. The highest BCUT2D eigenvalue weighted by Gasteiger charge is 2.18. The van der Waals surface area contributed by atoms with Crippen LogP contribution in [0.1, 0.15) is 16.1 Å². The summed E-state index contributed by atoms with van der Waals surface area (Å²) in [5.74, 6) is -0.360. The SMILES string of the molecule is Cc1noc2ncc(C(=O)Nc3cnn(CC(=O)N4CCOCC4)c3)cc12. The van der Waals surface area contributed by atoms with Crippen LogP contribution in [-0.4, -0.2) is 62.9 Å². The first kappa shape index (κ1) is 17.2. The van der Waals surface area contributed by atoms with Crippen LogP contribution >= 0.6 is 0 Å². The van der Waals surface area contributed by atoms with Gasteiger partial charge in [-0.25, -0.2) is 4.98 Å². The number of aryl methyl sites for hydroxylation is 1. The minimum Gasteiger partial charge on any atom is -0.378 e. The van der Waals surface area contributed by atoms with Gasteiger partial charge in [-0.15, -0.1) is 0 Å². The number of amides is 2. The van der Waals surface area contributed by atoms with Crippen LogP contribution in [0.3, 0.4) is 0 Å². The Kier molecular flexibility index (Phi) is 4.55. The fourth-order valence-corrected chi connectivity index (χ4v) is 2.84. The van der Waals surface area contributed by atoms with Crippen LogP contribution in [0.2, 0.25) is 0 Å². The van der Waals surface area contributed by atoms with Gasteiger partial charge in [0.15, 0.2) is 0 Å². The highest BCUT2D eigenvalue weighted by molar-refractivity contribution is 6.05. The summed E-state index contributed by atoms with van der Waals surface area (Å²) in [6.45, 7) is 4.17. The maximum atomic E-state index is 12.4. The molecule has 10 nitrogen and oxygen atoms in total. The topological polar surface area (TPSA) is 115 Å². The summed E-state index contributed by atoms with van der Waals surface area (Å²) in [6, 6.07) is 1.68. The average molecular weight is 370 g/mol. The molecular weight excluding hydrogens is 352 g/mol. The zero-order valence-corrected chi connectivity index (χ0v) is 14.7. The number of morpholine rings is 1. The van der Waals surface area contributed by atoms with Crippen LogP contribution in [-0.2, 0) is 16.1 Å². The van der Waals surface area contributed by atoms with Crippen molar-refractivity contribution in [1.82, 2.24) is 24.8 Å². The number of rotatable bonds is 4. The average Bonchev–Trinajstić information content (AvgIpc) is 3.28. The molecule has 0 atom stereocenters. The van der Waals surface area contributed by atoms with Crippen molar-refractivity contribution >= 4 is 28.6 Å². The number of hydrogen-bond donors (Lipinski definition) is 1. The van der Waals surface area contributed by atoms with Crippen LogP contribution in [0.15, 0.2) is 29.2 Å². The smallest absolute Gasteiger partial charge is 0.257 e. The van der Waals surface area contributed by atoms with Crippen molar-refractivity contribution in [2.24, 2.45) is 0 Å². The lowest BCUT2D eigenvalue weighted by atomic mass is 10.2. The Morgan fingerprint density at radius 2 is 2.07 bits per heavy atom. The number of ether oxygens (including phenoxy) is 1. The molecule has 0 saturated carbocycles. The molecule has 4 rings (SSSR count). The molecule has 1 aliphatic heterocycles. The van der Waals surface area contributed by atoms with E-state index in [1.165, 1.54) is 17.1 Å². The van der Waals surface area contributed by atoms with Crippen LogP contribution in [0.25, 0.3) is 11.1 Å². The van der Waals surface area contributed by atoms with Gasteiger partial charge >= 0.3 is 0 Å². The highest BCUT2D eigenvalue weighted by Crippen LogP contribution is 2.17. The molecule has 1 N–H and O–H groups in total. The molecular formula is C17H18N6O4. The Labute approximate surface area is 154 Å². The zero-order valence-electron chi connectivity index (χ0n) is 14.7. The molecule has 0 aromatic carbocycles. The van der Waals surface area contributed by atoms with E-state index in [-0.39, 0.29) is 18.4 Å². The van der Waals surface area contributed by atoms with Crippen molar-refractivity contribution in [2.75, 3.05) is 31.6 Å². The molecule has 0 aliphatic carbocycles. The fourth-order valence-electron chi connectivity index (χ4n) is 2.84. The van der Waals surface area contributed by atoms with Gasteiger partial charge in [0.1, 0.15) is 6.54 Å². The summed E-state index contributed by atoms with van der Waals surface area (Å²) in [4.78, 5) is 30.5. The molecule has 2 amide bonds. The molecule has 0 bridgehead atoms. The first-order valence-electron chi connectivity index (χ1n) is 8.51. The molecule has 0 spiro atoms. The summed E-state index contributed by atoms with van der Waals surface area (Å²) < 4.78 is 11.8. The van der Waals surface area contributed by atoms with Gasteiger partial charge in [-0.3, -0.25) is 14.3 Å². The van der Waals surface area contributed by atoms with Crippen LogP contribution in [0.5, 0.6) is 0 Å². The Bertz CT molecular complexity index is 988. The Hall–Kier alpha value is -3.27. The number of carbonyl (C=O) groups excluding carboxylic acids is 2. The lowest BCUT2D eigenvalue weighted by molar-refractivity contribution is -0.136. The molecule has 0 unspecified atom stereocenters. The molecule has 140 valence electrons. The summed E-state index contributed by atoms with van der Waals surface area (Å²) in [7, 11) is 0. The normalized spacial score (nSPS) is 14.5. The van der Waals surface area contributed by atoms with Crippen molar-refractivity contribution in [3.63, 3.8) is 0 Å². The maximum Gasteiger partial charge on any atom is 0.257 e. The number of aromatic nitrogens is 4. The number of hydrogen-bond acceptors (Lipinski definition) is 7. The van der Waals surface area contributed by atoms with Gasteiger partial charge < -0.3 is 19.5 Å². The van der Waals surface area contributed by atoms with Crippen LogP contribution in [0.4, 0.5) is 5.69 Å². The number of nitrogens with one attached hydrogen (secondary N) is 1. The fraction of sp³-hybridized carbons (Fsp3) is 0.353. The number of anilines is 1. The molecule has 4 heterocycles. The van der Waals surface area contributed by atoms with E-state index in [0.29, 0.717) is 54.3 Å². The van der Waals surface area contributed by atoms with E-state index in [9.17, 15) is 9.59 Å². The quantitative estimate of drug-likeness (QED) is 0.723. The van der Waals surface area contributed by atoms with E-state index in [4.69, 9.17) is 9.26 Å². The second-order valence-electron chi connectivity index (χ2n) is 6.22. The van der Waals surface area contributed by atoms with E-state index in [0.717, 1.165) is 0 Å². The molecule has 1 fully saturated rings. The molecule has 3 aromatic heterocycles. The summed E-state index contributed by atoms with van der Waals surface area (Å²) in [5.41, 5.74) is 1.93. The third kappa shape index (κ3) is 3.65. The van der Waals surface area contributed by atoms with Gasteiger partial charge in [-0.1, -0.05) is 5.16 Å². The second kappa shape index (κ2) is 7.16. The monoisotopic (exact) mass is 370 g/mol. The van der Waals surface area contributed by atoms with E-state index in [2.05, 4.69) is 20.6 Å². The lowest BCUT2D eigenvalue weighted by Crippen LogP contribution is -2.42. The molecule has 3 aromatic rings. The first-order chi connectivity index (χ1) is 13.1. The molecule has 1 aliphatic rings. The van der Waals surface area contributed by atoms with Crippen molar-refractivity contribution in [3.8, 4) is 0 Å². The summed E-state index contributed by atoms with van der Waals surface area (Å²) >= 11 is 0. The molecule has 10 heteroatoms. The van der Waals surface area contributed by atoms with Crippen molar-refractivity contribution in [3.05, 3.63) is 35.9 Å². The number of fused-ring (bicyclic) bond motifs is 1. The van der Waals surface area contributed by atoms with Crippen molar-refractivity contribution < 1.29 is 18.8 Å². The Morgan fingerprint density at radius 1 is 1.26 bits per heavy atom. The predicted molar refractivity (Wildman–Crippen MR) is 94.1 cm³/mol. The van der Waals surface area contributed by atoms with Crippen LogP contribution < -0.4 is 5.32 Å². The van der Waals surface area contributed by atoms with E-state index >= 15 is 0 Å². The second-order valence-corrected chi connectivity index (χ2v) is 6.22. The molecule has 0 radical (unpaired) electrons. The van der Waals surface area contributed by atoms with Crippen molar-refractivity contribution in [1.29, 1.82) is 0 Å². The van der Waals surface area contributed by atoms with E-state index in [1.807, 2.05) is 0 Å². The van der Waals surface area contributed by atoms with Crippen molar-refractivity contribution in [2.45, 2.75) is 13.5 Å².